The summed E-state index contributed by atoms with van der Waals surface area (Å²) in [7, 11) is 1.78. The van der Waals surface area contributed by atoms with Crippen LogP contribution >= 0.6 is 0 Å². The fourth-order valence-corrected chi connectivity index (χ4v) is 1.55. The molecule has 0 aliphatic rings. The highest BCUT2D eigenvalue weighted by Gasteiger charge is 2.04. The molecule has 0 aromatic carbocycles. The molecule has 17 heavy (non-hydrogen) atoms. The maximum Gasteiger partial charge on any atom is 0.189 e. The third-order valence-electron chi connectivity index (χ3n) is 2.44. The molecular weight excluding hydrogens is 216 g/mol. The summed E-state index contributed by atoms with van der Waals surface area (Å²) in [6, 6.07) is 1.87. The molecular formula is C12H14N4O. The van der Waals surface area contributed by atoms with Crippen molar-refractivity contribution in [2.75, 3.05) is 0 Å². The normalized spacial score (nSPS) is 11.2. The van der Waals surface area contributed by atoms with Crippen LogP contribution in [0.4, 0.5) is 0 Å². The molecule has 0 saturated heterocycles. The van der Waals surface area contributed by atoms with Crippen LogP contribution in [0.25, 0.3) is 6.08 Å². The van der Waals surface area contributed by atoms with E-state index in [1.54, 1.807) is 42.5 Å². The molecule has 0 atom stereocenters. The lowest BCUT2D eigenvalue weighted by Crippen LogP contribution is -1.99. The number of nitrogens with zero attached hydrogens (tertiary/aromatic N) is 4. The molecule has 0 aliphatic heterocycles. The second-order valence-corrected chi connectivity index (χ2v) is 3.67. The van der Waals surface area contributed by atoms with Gasteiger partial charge in [0.2, 0.25) is 0 Å². The van der Waals surface area contributed by atoms with Crippen LogP contribution in [-0.4, -0.2) is 25.3 Å². The van der Waals surface area contributed by atoms with Crippen molar-refractivity contribution in [1.29, 1.82) is 0 Å². The lowest BCUT2D eigenvalue weighted by Gasteiger charge is -1.97. The minimum Gasteiger partial charge on any atom is -0.289 e. The molecule has 0 saturated carbocycles. The lowest BCUT2D eigenvalue weighted by molar-refractivity contribution is 0.104. The van der Waals surface area contributed by atoms with Crippen LogP contribution in [0.5, 0.6) is 0 Å². The van der Waals surface area contributed by atoms with E-state index in [1.165, 1.54) is 0 Å². The number of carbonyl (C=O) groups is 1. The van der Waals surface area contributed by atoms with Gasteiger partial charge < -0.3 is 0 Å². The van der Waals surface area contributed by atoms with Gasteiger partial charge in [0.1, 0.15) is 0 Å². The van der Waals surface area contributed by atoms with Crippen LogP contribution in [0.1, 0.15) is 23.0 Å². The molecule has 0 fully saturated rings. The van der Waals surface area contributed by atoms with Crippen LogP contribution in [-0.2, 0) is 13.6 Å². The SMILES string of the molecule is CCn1nccc1/C=C/C(=O)c1cnn(C)c1. The quantitative estimate of drug-likeness (QED) is 0.591. The number of hydrogen-bond acceptors (Lipinski definition) is 3. The number of aryl methyl sites for hydroxylation is 2. The summed E-state index contributed by atoms with van der Waals surface area (Å²) in [6.45, 7) is 2.79. The third-order valence-corrected chi connectivity index (χ3v) is 2.44. The molecule has 2 heterocycles. The molecule has 0 radical (unpaired) electrons. The van der Waals surface area contributed by atoms with Crippen molar-refractivity contribution in [2.45, 2.75) is 13.5 Å². The first kappa shape index (κ1) is 11.3. The smallest absolute Gasteiger partial charge is 0.189 e. The Morgan fingerprint density at radius 3 is 2.94 bits per heavy atom. The summed E-state index contributed by atoms with van der Waals surface area (Å²) >= 11 is 0. The van der Waals surface area contributed by atoms with Gasteiger partial charge in [0.25, 0.3) is 0 Å². The summed E-state index contributed by atoms with van der Waals surface area (Å²) in [5.41, 5.74) is 1.51. The Labute approximate surface area is 99.4 Å². The van der Waals surface area contributed by atoms with Crippen molar-refractivity contribution in [1.82, 2.24) is 19.6 Å². The predicted molar refractivity (Wildman–Crippen MR) is 64.5 cm³/mol. The van der Waals surface area contributed by atoms with Crippen molar-refractivity contribution in [3.63, 3.8) is 0 Å². The van der Waals surface area contributed by atoms with Gasteiger partial charge in [-0.25, -0.2) is 0 Å². The Balaban J connectivity index is 2.13. The van der Waals surface area contributed by atoms with E-state index in [9.17, 15) is 4.79 Å². The van der Waals surface area contributed by atoms with Gasteiger partial charge in [-0.15, -0.1) is 0 Å². The van der Waals surface area contributed by atoms with E-state index in [0.29, 0.717) is 5.56 Å². The summed E-state index contributed by atoms with van der Waals surface area (Å²) < 4.78 is 3.43. The van der Waals surface area contributed by atoms with Crippen molar-refractivity contribution in [2.24, 2.45) is 7.05 Å². The van der Waals surface area contributed by atoms with Crippen molar-refractivity contribution in [3.8, 4) is 0 Å². The average molecular weight is 230 g/mol. The van der Waals surface area contributed by atoms with E-state index in [4.69, 9.17) is 0 Å². The van der Waals surface area contributed by atoms with Crippen molar-refractivity contribution < 1.29 is 4.79 Å². The van der Waals surface area contributed by atoms with Crippen LogP contribution in [0.3, 0.4) is 0 Å². The highest BCUT2D eigenvalue weighted by molar-refractivity contribution is 6.06. The molecule has 5 heteroatoms. The molecule has 0 spiro atoms. The van der Waals surface area contributed by atoms with Crippen LogP contribution in [0.2, 0.25) is 0 Å². The molecule has 2 aromatic heterocycles. The molecule has 2 rings (SSSR count). The molecule has 5 nitrogen and oxygen atoms in total. The molecule has 88 valence electrons. The monoisotopic (exact) mass is 230 g/mol. The van der Waals surface area contributed by atoms with Gasteiger partial charge >= 0.3 is 0 Å². The molecule has 0 bridgehead atoms. The predicted octanol–water partition coefficient (Wildman–Crippen LogP) is 1.53. The zero-order valence-corrected chi connectivity index (χ0v) is 9.87. The van der Waals surface area contributed by atoms with Crippen molar-refractivity contribution in [3.05, 3.63) is 42.0 Å². The molecule has 0 unspecified atom stereocenters. The van der Waals surface area contributed by atoms with E-state index in [2.05, 4.69) is 10.2 Å². The van der Waals surface area contributed by atoms with Crippen LogP contribution in [0.15, 0.2) is 30.7 Å². The van der Waals surface area contributed by atoms with Gasteiger partial charge in [-0.05, 0) is 25.1 Å². The molecule has 0 aliphatic carbocycles. The first-order valence-corrected chi connectivity index (χ1v) is 5.43. The molecule has 0 amide bonds. The number of aromatic nitrogens is 4. The Hall–Kier alpha value is -2.17. The minimum atomic E-state index is -0.0537. The average Bonchev–Trinajstić information content (AvgIpc) is 2.94. The zero-order chi connectivity index (χ0) is 12.3. The minimum absolute atomic E-state index is 0.0537. The Kier molecular flexibility index (Phi) is 3.18. The van der Waals surface area contributed by atoms with Gasteiger partial charge in [-0.3, -0.25) is 14.2 Å². The highest BCUT2D eigenvalue weighted by Crippen LogP contribution is 2.04. The van der Waals surface area contributed by atoms with E-state index in [1.807, 2.05) is 17.7 Å². The van der Waals surface area contributed by atoms with E-state index >= 15 is 0 Å². The highest BCUT2D eigenvalue weighted by atomic mass is 16.1. The van der Waals surface area contributed by atoms with Gasteiger partial charge in [0.05, 0.1) is 17.5 Å². The van der Waals surface area contributed by atoms with Gasteiger partial charge in [-0.2, -0.15) is 10.2 Å². The second kappa shape index (κ2) is 4.78. The van der Waals surface area contributed by atoms with Gasteiger partial charge in [0, 0.05) is 26.0 Å². The summed E-state index contributed by atoms with van der Waals surface area (Å²) in [6.07, 6.45) is 8.29. The number of hydrogen-bond donors (Lipinski definition) is 0. The maximum absolute atomic E-state index is 11.8. The van der Waals surface area contributed by atoms with E-state index in [-0.39, 0.29) is 5.78 Å². The van der Waals surface area contributed by atoms with Crippen molar-refractivity contribution >= 4 is 11.9 Å². The van der Waals surface area contributed by atoms with Crippen LogP contribution < -0.4 is 0 Å². The molecule has 2 aromatic rings. The Morgan fingerprint density at radius 1 is 1.47 bits per heavy atom. The first-order valence-electron chi connectivity index (χ1n) is 5.43. The first-order chi connectivity index (χ1) is 8.20. The lowest BCUT2D eigenvalue weighted by atomic mass is 10.2. The van der Waals surface area contributed by atoms with E-state index < -0.39 is 0 Å². The number of carbonyl (C=O) groups excluding carboxylic acids is 1. The second-order valence-electron chi connectivity index (χ2n) is 3.67. The Morgan fingerprint density at radius 2 is 2.29 bits per heavy atom. The zero-order valence-electron chi connectivity index (χ0n) is 9.87. The summed E-state index contributed by atoms with van der Waals surface area (Å²) in [5, 5.41) is 8.09. The van der Waals surface area contributed by atoms with Gasteiger partial charge in [-0.1, -0.05) is 0 Å². The fourth-order valence-electron chi connectivity index (χ4n) is 1.55. The fraction of sp³-hybridized carbons (Fsp3) is 0.250. The number of ketones is 1. The summed E-state index contributed by atoms with van der Waals surface area (Å²) in [4.78, 5) is 11.8. The van der Waals surface area contributed by atoms with Crippen LogP contribution in [0, 0.1) is 0 Å². The molecule has 0 N–H and O–H groups in total. The standard InChI is InChI=1S/C12H14N4O/c1-3-16-11(6-7-13-16)4-5-12(17)10-8-14-15(2)9-10/h4-9H,3H2,1-2H3/b5-4+. The summed E-state index contributed by atoms with van der Waals surface area (Å²) in [5.74, 6) is -0.0537. The largest absolute Gasteiger partial charge is 0.289 e. The van der Waals surface area contributed by atoms with Gasteiger partial charge in [0.15, 0.2) is 5.78 Å². The Bertz CT molecular complexity index is 550. The number of allylic oxidation sites excluding steroid dienone is 1. The maximum atomic E-state index is 11.8. The third kappa shape index (κ3) is 2.50. The topological polar surface area (TPSA) is 52.7 Å². The van der Waals surface area contributed by atoms with E-state index in [0.717, 1.165) is 12.2 Å². The number of rotatable bonds is 4.